The maximum atomic E-state index is 11.1. The van der Waals surface area contributed by atoms with E-state index in [0.29, 0.717) is 12.5 Å². The maximum Gasteiger partial charge on any atom is 0.333 e. The SMILES string of the molecule is CCOC(C(=O)O)C1CC(C)=CC(C)C1. The number of allylic oxidation sites excluding steroid dienone is 2. The molecule has 1 N–H and O–H groups in total. The smallest absolute Gasteiger partial charge is 0.333 e. The van der Waals surface area contributed by atoms with Crippen molar-refractivity contribution in [2.24, 2.45) is 11.8 Å². The van der Waals surface area contributed by atoms with Crippen LogP contribution in [0, 0.1) is 11.8 Å². The third-order valence-electron chi connectivity index (χ3n) is 2.85. The molecule has 3 atom stereocenters. The van der Waals surface area contributed by atoms with Crippen molar-refractivity contribution < 1.29 is 14.6 Å². The first kappa shape index (κ1) is 12.2. The Morgan fingerprint density at radius 2 is 2.40 bits per heavy atom. The van der Waals surface area contributed by atoms with E-state index in [-0.39, 0.29) is 5.92 Å². The lowest BCUT2D eigenvalue weighted by Gasteiger charge is -2.29. The molecular formula is C12H20O3. The Bertz CT molecular complexity index is 258. The molecule has 0 amide bonds. The first-order chi connectivity index (χ1) is 7.04. The van der Waals surface area contributed by atoms with E-state index < -0.39 is 12.1 Å². The number of rotatable bonds is 4. The molecule has 0 spiro atoms. The second kappa shape index (κ2) is 5.31. The van der Waals surface area contributed by atoms with Crippen LogP contribution in [0.25, 0.3) is 0 Å². The highest BCUT2D eigenvalue weighted by Gasteiger charge is 2.31. The number of hydrogen-bond acceptors (Lipinski definition) is 2. The van der Waals surface area contributed by atoms with Gasteiger partial charge in [-0.05, 0) is 32.6 Å². The molecule has 86 valence electrons. The molecule has 3 nitrogen and oxygen atoms in total. The first-order valence-corrected chi connectivity index (χ1v) is 5.56. The highest BCUT2D eigenvalue weighted by atomic mass is 16.5. The molecule has 0 aromatic rings. The summed E-state index contributed by atoms with van der Waals surface area (Å²) in [7, 11) is 0. The molecule has 3 unspecified atom stereocenters. The van der Waals surface area contributed by atoms with Crippen molar-refractivity contribution in [3.8, 4) is 0 Å². The molecule has 0 heterocycles. The van der Waals surface area contributed by atoms with Crippen LogP contribution in [0.1, 0.15) is 33.6 Å². The lowest BCUT2D eigenvalue weighted by Crippen LogP contribution is -2.34. The van der Waals surface area contributed by atoms with Crippen molar-refractivity contribution in [2.45, 2.75) is 39.7 Å². The summed E-state index contributed by atoms with van der Waals surface area (Å²) in [6, 6.07) is 0. The average Bonchev–Trinajstić information content (AvgIpc) is 2.11. The largest absolute Gasteiger partial charge is 0.479 e. The molecule has 0 aromatic heterocycles. The highest BCUT2D eigenvalue weighted by Crippen LogP contribution is 2.31. The summed E-state index contributed by atoms with van der Waals surface area (Å²) < 4.78 is 5.31. The molecule has 0 bridgehead atoms. The molecule has 0 saturated heterocycles. The average molecular weight is 212 g/mol. The number of ether oxygens (including phenoxy) is 1. The van der Waals surface area contributed by atoms with Gasteiger partial charge < -0.3 is 9.84 Å². The van der Waals surface area contributed by atoms with Gasteiger partial charge >= 0.3 is 5.97 Å². The number of hydrogen-bond donors (Lipinski definition) is 1. The fraction of sp³-hybridized carbons (Fsp3) is 0.750. The Kier molecular flexibility index (Phi) is 4.33. The molecule has 1 aliphatic carbocycles. The summed E-state index contributed by atoms with van der Waals surface area (Å²) in [5, 5.41) is 9.08. The zero-order chi connectivity index (χ0) is 11.4. The molecule has 0 radical (unpaired) electrons. The zero-order valence-corrected chi connectivity index (χ0v) is 9.69. The van der Waals surface area contributed by atoms with Crippen molar-refractivity contribution in [2.75, 3.05) is 6.61 Å². The van der Waals surface area contributed by atoms with Gasteiger partial charge in [0.1, 0.15) is 0 Å². The maximum absolute atomic E-state index is 11.1. The number of carbonyl (C=O) groups is 1. The Balaban J connectivity index is 2.69. The van der Waals surface area contributed by atoms with E-state index in [1.165, 1.54) is 5.57 Å². The van der Waals surface area contributed by atoms with Crippen molar-refractivity contribution >= 4 is 5.97 Å². The lowest BCUT2D eigenvalue weighted by atomic mass is 9.80. The summed E-state index contributed by atoms with van der Waals surface area (Å²) in [5.74, 6) is -0.239. The van der Waals surface area contributed by atoms with Crippen LogP contribution in [0.3, 0.4) is 0 Å². The third kappa shape index (κ3) is 3.34. The number of carboxylic acid groups (broad SMARTS) is 1. The topological polar surface area (TPSA) is 46.5 Å². The minimum atomic E-state index is -0.830. The minimum absolute atomic E-state index is 0.127. The molecule has 0 aliphatic heterocycles. The van der Waals surface area contributed by atoms with E-state index >= 15 is 0 Å². The zero-order valence-electron chi connectivity index (χ0n) is 9.69. The van der Waals surface area contributed by atoms with Gasteiger partial charge in [-0.1, -0.05) is 18.6 Å². The summed E-state index contributed by atoms with van der Waals surface area (Å²) in [4.78, 5) is 11.1. The Hall–Kier alpha value is -0.830. The molecule has 0 aromatic carbocycles. The fourth-order valence-corrected chi connectivity index (χ4v) is 2.42. The summed E-state index contributed by atoms with van der Waals surface area (Å²) in [5.41, 5.74) is 1.28. The van der Waals surface area contributed by atoms with Crippen molar-refractivity contribution in [3.05, 3.63) is 11.6 Å². The quantitative estimate of drug-likeness (QED) is 0.728. The van der Waals surface area contributed by atoms with E-state index in [1.54, 1.807) is 0 Å². The summed E-state index contributed by atoms with van der Waals surface area (Å²) >= 11 is 0. The van der Waals surface area contributed by atoms with E-state index in [2.05, 4.69) is 19.9 Å². The molecule has 0 saturated carbocycles. The normalized spacial score (nSPS) is 28.3. The van der Waals surface area contributed by atoms with Gasteiger partial charge in [0, 0.05) is 12.5 Å². The predicted octanol–water partition coefficient (Wildman–Crippen LogP) is 2.47. The van der Waals surface area contributed by atoms with Gasteiger partial charge in [0.15, 0.2) is 6.10 Å². The van der Waals surface area contributed by atoms with Crippen molar-refractivity contribution in [1.29, 1.82) is 0 Å². The number of carboxylic acids is 1. The van der Waals surface area contributed by atoms with Gasteiger partial charge in [-0.2, -0.15) is 0 Å². The van der Waals surface area contributed by atoms with E-state index in [0.717, 1.165) is 12.8 Å². The van der Waals surface area contributed by atoms with Crippen LogP contribution >= 0.6 is 0 Å². The lowest BCUT2D eigenvalue weighted by molar-refractivity contribution is -0.154. The Morgan fingerprint density at radius 3 is 2.87 bits per heavy atom. The monoisotopic (exact) mass is 212 g/mol. The van der Waals surface area contributed by atoms with Crippen molar-refractivity contribution in [3.63, 3.8) is 0 Å². The molecule has 1 rings (SSSR count). The molecule has 1 aliphatic rings. The van der Waals surface area contributed by atoms with Crippen LogP contribution in [-0.2, 0) is 9.53 Å². The standard InChI is InChI=1S/C12H20O3/c1-4-15-11(12(13)14)10-6-8(2)5-9(3)7-10/h5,8,10-11H,4,6-7H2,1-3H3,(H,13,14). The van der Waals surface area contributed by atoms with Gasteiger partial charge in [-0.3, -0.25) is 0 Å². The van der Waals surface area contributed by atoms with E-state index in [1.807, 2.05) is 6.92 Å². The molecular weight excluding hydrogens is 192 g/mol. The fourth-order valence-electron chi connectivity index (χ4n) is 2.42. The van der Waals surface area contributed by atoms with Crippen LogP contribution in [0.4, 0.5) is 0 Å². The minimum Gasteiger partial charge on any atom is -0.479 e. The molecule has 0 fully saturated rings. The predicted molar refractivity (Wildman–Crippen MR) is 58.7 cm³/mol. The van der Waals surface area contributed by atoms with Gasteiger partial charge in [-0.25, -0.2) is 4.79 Å². The van der Waals surface area contributed by atoms with Gasteiger partial charge in [0.05, 0.1) is 0 Å². The Labute approximate surface area is 91.1 Å². The van der Waals surface area contributed by atoms with Crippen LogP contribution in [0.2, 0.25) is 0 Å². The van der Waals surface area contributed by atoms with Gasteiger partial charge in [0.25, 0.3) is 0 Å². The van der Waals surface area contributed by atoms with Gasteiger partial charge in [-0.15, -0.1) is 0 Å². The first-order valence-electron chi connectivity index (χ1n) is 5.56. The van der Waals surface area contributed by atoms with Crippen LogP contribution < -0.4 is 0 Å². The second-order valence-electron chi connectivity index (χ2n) is 4.40. The van der Waals surface area contributed by atoms with Crippen molar-refractivity contribution in [1.82, 2.24) is 0 Å². The Morgan fingerprint density at radius 1 is 1.73 bits per heavy atom. The summed E-state index contributed by atoms with van der Waals surface area (Å²) in [6.45, 7) is 6.49. The van der Waals surface area contributed by atoms with Crippen LogP contribution in [0.15, 0.2) is 11.6 Å². The molecule has 15 heavy (non-hydrogen) atoms. The van der Waals surface area contributed by atoms with Gasteiger partial charge in [0.2, 0.25) is 0 Å². The van der Waals surface area contributed by atoms with Crippen LogP contribution in [-0.4, -0.2) is 23.8 Å². The number of aliphatic carboxylic acids is 1. The second-order valence-corrected chi connectivity index (χ2v) is 4.40. The summed E-state index contributed by atoms with van der Waals surface area (Å²) in [6.07, 6.45) is 3.35. The highest BCUT2D eigenvalue weighted by molar-refractivity contribution is 5.72. The molecule has 3 heteroatoms. The third-order valence-corrected chi connectivity index (χ3v) is 2.85. The van der Waals surface area contributed by atoms with E-state index in [9.17, 15) is 4.79 Å². The van der Waals surface area contributed by atoms with E-state index in [4.69, 9.17) is 9.84 Å². The van der Waals surface area contributed by atoms with Crippen LogP contribution in [0.5, 0.6) is 0 Å².